The second-order valence-corrected chi connectivity index (χ2v) is 14.8. The SMILES string of the molecule is Cc1ccc(S(=O)(=O)N(CC(=O)N(Cc2cccc(Cl)c2)[C@@H](Cc2ccccc2)C(=O)NC2CCCC2)c2ccc(C)c(Cl)c2)cc1. The van der Waals surface area contributed by atoms with Gasteiger partial charge >= 0.3 is 0 Å². The van der Waals surface area contributed by atoms with Crippen LogP contribution in [0.2, 0.25) is 10.0 Å². The third-order valence-electron chi connectivity index (χ3n) is 8.55. The average Bonchev–Trinajstić information content (AvgIpc) is 3.56. The van der Waals surface area contributed by atoms with E-state index in [-0.39, 0.29) is 35.5 Å². The molecule has 4 aromatic rings. The first-order chi connectivity index (χ1) is 22.5. The molecule has 47 heavy (non-hydrogen) atoms. The number of nitrogens with zero attached hydrogens (tertiary/aromatic N) is 2. The lowest BCUT2D eigenvalue weighted by atomic mass is 10.0. The zero-order chi connectivity index (χ0) is 33.6. The van der Waals surface area contributed by atoms with E-state index < -0.39 is 28.5 Å². The maximum atomic E-state index is 14.6. The van der Waals surface area contributed by atoms with Crippen molar-refractivity contribution in [3.05, 3.63) is 129 Å². The molecule has 4 aromatic carbocycles. The van der Waals surface area contributed by atoms with Gasteiger partial charge < -0.3 is 10.2 Å². The number of rotatable bonds is 12. The van der Waals surface area contributed by atoms with Crippen molar-refractivity contribution in [2.45, 2.75) is 69.5 Å². The molecule has 0 unspecified atom stereocenters. The fourth-order valence-electron chi connectivity index (χ4n) is 5.86. The number of sulfonamides is 1. The highest BCUT2D eigenvalue weighted by molar-refractivity contribution is 7.92. The molecule has 2 amide bonds. The first-order valence-electron chi connectivity index (χ1n) is 15.7. The number of carbonyl (C=O) groups is 2. The first-order valence-corrected chi connectivity index (χ1v) is 17.9. The van der Waals surface area contributed by atoms with E-state index in [0.717, 1.165) is 46.7 Å². The number of anilines is 1. The monoisotopic (exact) mass is 691 g/mol. The third-order valence-corrected chi connectivity index (χ3v) is 11.0. The van der Waals surface area contributed by atoms with E-state index in [1.165, 1.54) is 17.0 Å². The highest BCUT2D eigenvalue weighted by atomic mass is 35.5. The van der Waals surface area contributed by atoms with Crippen molar-refractivity contribution in [2.24, 2.45) is 0 Å². The van der Waals surface area contributed by atoms with Gasteiger partial charge in [-0.15, -0.1) is 0 Å². The Labute approximate surface area is 287 Å². The Kier molecular flexibility index (Phi) is 11.3. The fourth-order valence-corrected chi connectivity index (χ4v) is 7.65. The van der Waals surface area contributed by atoms with Gasteiger partial charge in [-0.1, -0.05) is 102 Å². The maximum Gasteiger partial charge on any atom is 0.264 e. The molecule has 0 heterocycles. The second-order valence-electron chi connectivity index (χ2n) is 12.1. The minimum atomic E-state index is -4.23. The Morgan fingerprint density at radius 1 is 0.851 bits per heavy atom. The van der Waals surface area contributed by atoms with Gasteiger partial charge in [-0.05, 0) is 79.8 Å². The molecule has 0 bridgehead atoms. The number of hydrogen-bond donors (Lipinski definition) is 1. The molecule has 0 aromatic heterocycles. The van der Waals surface area contributed by atoms with Crippen LogP contribution in [0.3, 0.4) is 0 Å². The van der Waals surface area contributed by atoms with E-state index in [1.54, 1.807) is 48.5 Å². The van der Waals surface area contributed by atoms with Crippen molar-refractivity contribution in [3.63, 3.8) is 0 Å². The summed E-state index contributed by atoms with van der Waals surface area (Å²) in [7, 11) is -4.23. The summed E-state index contributed by atoms with van der Waals surface area (Å²) in [5.74, 6) is -0.817. The average molecular weight is 693 g/mol. The Bertz CT molecular complexity index is 1810. The van der Waals surface area contributed by atoms with E-state index in [0.29, 0.717) is 15.6 Å². The van der Waals surface area contributed by atoms with Crippen molar-refractivity contribution in [1.29, 1.82) is 0 Å². The van der Waals surface area contributed by atoms with E-state index in [4.69, 9.17) is 23.2 Å². The summed E-state index contributed by atoms with van der Waals surface area (Å²) in [5, 5.41) is 4.04. The Morgan fingerprint density at radius 2 is 1.53 bits per heavy atom. The maximum absolute atomic E-state index is 14.6. The van der Waals surface area contributed by atoms with E-state index >= 15 is 0 Å². The van der Waals surface area contributed by atoms with Gasteiger partial charge in [0.1, 0.15) is 12.6 Å². The van der Waals surface area contributed by atoms with Gasteiger partial charge in [-0.2, -0.15) is 0 Å². The van der Waals surface area contributed by atoms with Crippen LogP contribution in [0.5, 0.6) is 0 Å². The normalized spacial score (nSPS) is 14.0. The van der Waals surface area contributed by atoms with Crippen LogP contribution in [-0.4, -0.2) is 43.8 Å². The molecule has 1 atom stereocenters. The lowest BCUT2D eigenvalue weighted by Gasteiger charge is -2.34. The number of aryl methyl sites for hydroxylation is 2. The van der Waals surface area contributed by atoms with Crippen LogP contribution in [0.15, 0.2) is 102 Å². The number of nitrogens with one attached hydrogen (secondary N) is 1. The second kappa shape index (κ2) is 15.4. The van der Waals surface area contributed by atoms with Gasteiger partial charge in [-0.3, -0.25) is 13.9 Å². The molecular weight excluding hydrogens is 653 g/mol. The summed E-state index contributed by atoms with van der Waals surface area (Å²) >= 11 is 12.8. The zero-order valence-corrected chi connectivity index (χ0v) is 28.9. The van der Waals surface area contributed by atoms with Crippen molar-refractivity contribution in [3.8, 4) is 0 Å². The predicted molar refractivity (Wildman–Crippen MR) is 188 cm³/mol. The molecule has 1 fully saturated rings. The smallest absolute Gasteiger partial charge is 0.264 e. The third kappa shape index (κ3) is 8.74. The topological polar surface area (TPSA) is 86.8 Å². The van der Waals surface area contributed by atoms with Gasteiger partial charge in [0.2, 0.25) is 11.8 Å². The standard InChI is InChI=1S/C37H39Cl2N3O4S/c1-26-15-19-33(20-16-26)47(45,46)42(32-18-17-27(2)34(39)23-32)25-36(43)41(24-29-11-8-12-30(38)21-29)35(22-28-9-4-3-5-10-28)37(44)40-31-13-6-7-14-31/h3-5,8-12,15-21,23,31,35H,6-7,13-14,22,24-25H2,1-2H3,(H,40,44)/t35-/m0/s1. The number of benzene rings is 4. The quantitative estimate of drug-likeness (QED) is 0.167. The first kappa shape index (κ1) is 34.5. The molecule has 1 saturated carbocycles. The van der Waals surface area contributed by atoms with Crippen LogP contribution in [0.1, 0.15) is 47.9 Å². The van der Waals surface area contributed by atoms with Crippen molar-refractivity contribution in [1.82, 2.24) is 10.2 Å². The molecule has 0 radical (unpaired) electrons. The van der Waals surface area contributed by atoms with Crippen molar-refractivity contribution in [2.75, 3.05) is 10.8 Å². The minimum absolute atomic E-state index is 0.0250. The summed E-state index contributed by atoms with van der Waals surface area (Å²) in [6, 6.07) is 27.1. The molecular formula is C37H39Cl2N3O4S. The van der Waals surface area contributed by atoms with Crippen molar-refractivity contribution >= 4 is 50.7 Å². The summed E-state index contributed by atoms with van der Waals surface area (Å²) in [6.45, 7) is 3.18. The van der Waals surface area contributed by atoms with Crippen LogP contribution in [0, 0.1) is 13.8 Å². The highest BCUT2D eigenvalue weighted by Crippen LogP contribution is 2.29. The molecule has 1 aliphatic rings. The van der Waals surface area contributed by atoms with E-state index in [1.807, 2.05) is 50.2 Å². The largest absolute Gasteiger partial charge is 0.352 e. The summed E-state index contributed by atoms with van der Waals surface area (Å²) in [5.41, 5.74) is 3.49. The highest BCUT2D eigenvalue weighted by Gasteiger charge is 2.35. The Hall–Kier alpha value is -3.85. The zero-order valence-electron chi connectivity index (χ0n) is 26.5. The van der Waals surface area contributed by atoms with Gasteiger partial charge in [0.05, 0.1) is 10.6 Å². The number of carbonyl (C=O) groups excluding carboxylic acids is 2. The lowest BCUT2D eigenvalue weighted by molar-refractivity contribution is -0.140. The molecule has 7 nitrogen and oxygen atoms in total. The number of hydrogen-bond acceptors (Lipinski definition) is 4. The van der Waals surface area contributed by atoms with Gasteiger partial charge in [0.15, 0.2) is 0 Å². The molecule has 0 saturated heterocycles. The van der Waals surface area contributed by atoms with E-state index in [9.17, 15) is 18.0 Å². The van der Waals surface area contributed by atoms with Crippen LogP contribution in [-0.2, 0) is 32.6 Å². The molecule has 0 aliphatic heterocycles. The molecule has 246 valence electrons. The van der Waals surface area contributed by atoms with Crippen LogP contribution < -0.4 is 9.62 Å². The number of halogens is 2. The molecule has 5 rings (SSSR count). The molecule has 10 heteroatoms. The molecule has 1 aliphatic carbocycles. The number of amides is 2. The molecule has 1 N–H and O–H groups in total. The van der Waals surface area contributed by atoms with Crippen LogP contribution in [0.4, 0.5) is 5.69 Å². The van der Waals surface area contributed by atoms with Gasteiger partial charge in [0.25, 0.3) is 10.0 Å². The van der Waals surface area contributed by atoms with Gasteiger partial charge in [-0.25, -0.2) is 8.42 Å². The van der Waals surface area contributed by atoms with Crippen LogP contribution in [0.25, 0.3) is 0 Å². The summed E-state index contributed by atoms with van der Waals surface area (Å²) < 4.78 is 29.6. The summed E-state index contributed by atoms with van der Waals surface area (Å²) in [4.78, 5) is 30.3. The Morgan fingerprint density at radius 3 is 2.19 bits per heavy atom. The fraction of sp³-hybridized carbons (Fsp3) is 0.297. The predicted octanol–water partition coefficient (Wildman–Crippen LogP) is 7.50. The molecule has 0 spiro atoms. The van der Waals surface area contributed by atoms with Gasteiger partial charge in [0, 0.05) is 29.1 Å². The Balaban J connectivity index is 1.58. The van der Waals surface area contributed by atoms with Crippen molar-refractivity contribution < 1.29 is 18.0 Å². The van der Waals surface area contributed by atoms with E-state index in [2.05, 4.69) is 5.32 Å². The minimum Gasteiger partial charge on any atom is -0.352 e. The summed E-state index contributed by atoms with van der Waals surface area (Å²) in [6.07, 6.45) is 4.06. The van der Waals surface area contributed by atoms with Crippen LogP contribution >= 0.6 is 23.2 Å². The lowest BCUT2D eigenvalue weighted by Crippen LogP contribution is -2.54.